The molecule has 3 heteroatoms. The average molecular weight is 188 g/mol. The number of nitrogens with zero attached hydrogens (tertiary/aromatic N) is 2. The third-order valence-electron chi connectivity index (χ3n) is 2.09. The summed E-state index contributed by atoms with van der Waals surface area (Å²) < 4.78 is 4.71. The van der Waals surface area contributed by atoms with Gasteiger partial charge in [-0.25, -0.2) is 0 Å². The number of hydrogen-bond donors (Lipinski definition) is 0. The average Bonchev–Trinajstić information content (AvgIpc) is 2.71. The predicted octanol–water partition coefficient (Wildman–Crippen LogP) is 2.69. The number of aryl methyl sites for hydroxylation is 1. The maximum absolute atomic E-state index is 4.71. The number of benzene rings is 1. The summed E-state index contributed by atoms with van der Waals surface area (Å²) in [6, 6.07) is 8.24. The monoisotopic (exact) mass is 188 g/mol. The molecule has 0 unspecified atom stereocenters. The van der Waals surface area contributed by atoms with Gasteiger partial charge in [0.2, 0.25) is 12.2 Å². The minimum atomic E-state index is 0.656. The van der Waals surface area contributed by atoms with Crippen LogP contribution in [0.4, 0.5) is 0 Å². The Balaban J connectivity index is 2.31. The molecule has 0 radical (unpaired) electrons. The molecule has 0 amide bonds. The Morgan fingerprint density at radius 1 is 1.36 bits per heavy atom. The predicted molar refractivity (Wildman–Crippen MR) is 53.7 cm³/mol. The van der Waals surface area contributed by atoms with E-state index in [1.807, 2.05) is 12.1 Å². The van der Waals surface area contributed by atoms with Crippen LogP contribution in [0, 0.1) is 0 Å². The van der Waals surface area contributed by atoms with Crippen molar-refractivity contribution in [2.24, 2.45) is 0 Å². The second-order valence-electron chi connectivity index (χ2n) is 3.21. The second-order valence-corrected chi connectivity index (χ2v) is 3.21. The van der Waals surface area contributed by atoms with Gasteiger partial charge in [-0.05, 0) is 18.1 Å². The molecule has 0 aliphatic rings. The van der Waals surface area contributed by atoms with Crippen molar-refractivity contribution in [2.45, 2.75) is 19.8 Å². The summed E-state index contributed by atoms with van der Waals surface area (Å²) in [6.07, 6.45) is 3.59. The lowest BCUT2D eigenvalue weighted by Gasteiger charge is -1.99. The zero-order chi connectivity index (χ0) is 9.80. The van der Waals surface area contributed by atoms with Gasteiger partial charge in [0.25, 0.3) is 0 Å². The highest BCUT2D eigenvalue weighted by Crippen LogP contribution is 2.16. The van der Waals surface area contributed by atoms with Gasteiger partial charge < -0.3 is 4.52 Å². The van der Waals surface area contributed by atoms with Gasteiger partial charge in [-0.3, -0.25) is 0 Å². The summed E-state index contributed by atoms with van der Waals surface area (Å²) in [4.78, 5) is 4.01. The van der Waals surface area contributed by atoms with Gasteiger partial charge in [-0.1, -0.05) is 36.7 Å². The highest BCUT2D eigenvalue weighted by molar-refractivity contribution is 5.54. The molecule has 0 aliphatic heterocycles. The van der Waals surface area contributed by atoms with Crippen LogP contribution < -0.4 is 0 Å². The summed E-state index contributed by atoms with van der Waals surface area (Å²) in [5.74, 6) is 0.656. The normalized spacial score (nSPS) is 10.4. The summed E-state index contributed by atoms with van der Waals surface area (Å²) >= 11 is 0. The van der Waals surface area contributed by atoms with Gasteiger partial charge in [0.15, 0.2) is 0 Å². The van der Waals surface area contributed by atoms with E-state index in [1.54, 1.807) is 0 Å². The molecule has 2 rings (SSSR count). The smallest absolute Gasteiger partial charge is 0.214 e. The fraction of sp³-hybridized carbons (Fsp3) is 0.273. The van der Waals surface area contributed by atoms with Crippen molar-refractivity contribution in [1.29, 1.82) is 0 Å². The van der Waals surface area contributed by atoms with Crippen molar-refractivity contribution >= 4 is 0 Å². The largest absolute Gasteiger partial charge is 0.342 e. The van der Waals surface area contributed by atoms with Crippen LogP contribution in [0.1, 0.15) is 18.9 Å². The van der Waals surface area contributed by atoms with E-state index in [-0.39, 0.29) is 0 Å². The van der Waals surface area contributed by atoms with Gasteiger partial charge in [0, 0.05) is 5.56 Å². The second kappa shape index (κ2) is 4.05. The van der Waals surface area contributed by atoms with Crippen LogP contribution in [0.25, 0.3) is 11.4 Å². The van der Waals surface area contributed by atoms with Gasteiger partial charge in [0.1, 0.15) is 0 Å². The van der Waals surface area contributed by atoms with Crippen molar-refractivity contribution in [3.63, 3.8) is 0 Å². The molecule has 3 nitrogen and oxygen atoms in total. The quantitative estimate of drug-likeness (QED) is 0.743. The molecule has 0 fully saturated rings. The van der Waals surface area contributed by atoms with E-state index >= 15 is 0 Å². The number of hydrogen-bond acceptors (Lipinski definition) is 3. The van der Waals surface area contributed by atoms with Crippen LogP contribution in [0.2, 0.25) is 0 Å². The zero-order valence-electron chi connectivity index (χ0n) is 8.10. The lowest BCUT2D eigenvalue weighted by atomic mass is 10.1. The molecule has 0 bridgehead atoms. The lowest BCUT2D eigenvalue weighted by molar-refractivity contribution is 0.419. The highest BCUT2D eigenvalue weighted by Gasteiger charge is 2.02. The standard InChI is InChI=1S/C11H12N2O/c1-2-4-9-5-3-6-10(7-9)11-12-8-14-13-11/h3,5-8H,2,4H2,1H3. The molecule has 0 atom stereocenters. The van der Waals surface area contributed by atoms with Gasteiger partial charge in [0.05, 0.1) is 0 Å². The first-order chi connectivity index (χ1) is 6.90. The first-order valence-corrected chi connectivity index (χ1v) is 4.76. The van der Waals surface area contributed by atoms with Gasteiger partial charge >= 0.3 is 0 Å². The van der Waals surface area contributed by atoms with E-state index in [1.165, 1.54) is 12.0 Å². The van der Waals surface area contributed by atoms with Crippen LogP contribution in [-0.4, -0.2) is 10.1 Å². The number of aromatic nitrogens is 2. The highest BCUT2D eigenvalue weighted by atomic mass is 16.5. The SMILES string of the molecule is CCCc1cccc(-c2ncon2)c1. The summed E-state index contributed by atoms with van der Waals surface area (Å²) in [7, 11) is 0. The topological polar surface area (TPSA) is 38.9 Å². The van der Waals surface area contributed by atoms with Gasteiger partial charge in [-0.15, -0.1) is 0 Å². The first kappa shape index (κ1) is 8.94. The third-order valence-corrected chi connectivity index (χ3v) is 2.09. The third kappa shape index (κ3) is 1.82. The van der Waals surface area contributed by atoms with Crippen LogP contribution in [0.3, 0.4) is 0 Å². The van der Waals surface area contributed by atoms with Crippen molar-refractivity contribution < 1.29 is 4.52 Å². The van der Waals surface area contributed by atoms with Gasteiger partial charge in [-0.2, -0.15) is 4.98 Å². The van der Waals surface area contributed by atoms with E-state index in [0.717, 1.165) is 18.4 Å². The van der Waals surface area contributed by atoms with Crippen molar-refractivity contribution in [2.75, 3.05) is 0 Å². The van der Waals surface area contributed by atoms with E-state index < -0.39 is 0 Å². The van der Waals surface area contributed by atoms with E-state index in [4.69, 9.17) is 4.52 Å². The molecule has 0 aliphatic carbocycles. The minimum absolute atomic E-state index is 0.656. The molecule has 1 aromatic carbocycles. The molecule has 2 aromatic rings. The van der Waals surface area contributed by atoms with Crippen LogP contribution in [0.15, 0.2) is 35.2 Å². The van der Waals surface area contributed by atoms with Crippen LogP contribution >= 0.6 is 0 Å². The molecule has 0 saturated heterocycles. The molecule has 1 aromatic heterocycles. The molecule has 0 spiro atoms. The summed E-state index contributed by atoms with van der Waals surface area (Å²) in [5.41, 5.74) is 2.33. The molecule has 14 heavy (non-hydrogen) atoms. The molecule has 0 saturated carbocycles. The van der Waals surface area contributed by atoms with Crippen molar-refractivity contribution in [1.82, 2.24) is 10.1 Å². The maximum atomic E-state index is 4.71. The van der Waals surface area contributed by atoms with E-state index in [9.17, 15) is 0 Å². The Morgan fingerprint density at radius 3 is 3.00 bits per heavy atom. The first-order valence-electron chi connectivity index (χ1n) is 4.76. The minimum Gasteiger partial charge on any atom is -0.342 e. The van der Waals surface area contributed by atoms with Crippen molar-refractivity contribution in [3.8, 4) is 11.4 Å². The Labute approximate surface area is 82.8 Å². The summed E-state index contributed by atoms with van der Waals surface area (Å²) in [5, 5.41) is 3.80. The maximum Gasteiger partial charge on any atom is 0.214 e. The Kier molecular flexibility index (Phi) is 2.58. The fourth-order valence-electron chi connectivity index (χ4n) is 1.45. The molecular weight excluding hydrogens is 176 g/mol. The molecule has 72 valence electrons. The van der Waals surface area contributed by atoms with E-state index in [0.29, 0.717) is 5.82 Å². The zero-order valence-corrected chi connectivity index (χ0v) is 8.10. The van der Waals surface area contributed by atoms with Crippen LogP contribution in [0.5, 0.6) is 0 Å². The number of rotatable bonds is 3. The Hall–Kier alpha value is -1.64. The van der Waals surface area contributed by atoms with Crippen molar-refractivity contribution in [3.05, 3.63) is 36.2 Å². The molecular formula is C11H12N2O. The lowest BCUT2D eigenvalue weighted by Crippen LogP contribution is -1.85. The molecule has 0 N–H and O–H groups in total. The van der Waals surface area contributed by atoms with E-state index in [2.05, 4.69) is 29.2 Å². The van der Waals surface area contributed by atoms with Crippen LogP contribution in [-0.2, 0) is 6.42 Å². The summed E-state index contributed by atoms with van der Waals surface area (Å²) in [6.45, 7) is 2.17. The fourth-order valence-corrected chi connectivity index (χ4v) is 1.45. The Morgan fingerprint density at radius 2 is 2.29 bits per heavy atom. The Bertz CT molecular complexity index is 395. The molecule has 1 heterocycles.